The quantitative estimate of drug-likeness (QED) is 0.685. The van der Waals surface area contributed by atoms with Gasteiger partial charge in [0, 0.05) is 23.5 Å². The van der Waals surface area contributed by atoms with Gasteiger partial charge in [0.15, 0.2) is 0 Å². The van der Waals surface area contributed by atoms with E-state index in [9.17, 15) is 9.59 Å². The molecule has 5 heteroatoms. The second kappa shape index (κ2) is 7.75. The highest BCUT2D eigenvalue weighted by atomic mass is 16.2. The van der Waals surface area contributed by atoms with Gasteiger partial charge in [0.1, 0.15) is 0 Å². The molecule has 0 spiro atoms. The van der Waals surface area contributed by atoms with Gasteiger partial charge in [0.2, 0.25) is 11.8 Å². The normalized spacial score (nSPS) is 12.3. The first-order valence-corrected chi connectivity index (χ1v) is 7.76. The summed E-state index contributed by atoms with van der Waals surface area (Å²) in [5.74, 6) is -0.653. The first-order valence-electron chi connectivity index (χ1n) is 7.76. The topological polar surface area (TPSA) is 88.0 Å². The summed E-state index contributed by atoms with van der Waals surface area (Å²) < 4.78 is 0. The van der Waals surface area contributed by atoms with Crippen LogP contribution in [0.2, 0.25) is 0 Å². The van der Waals surface area contributed by atoms with Crippen molar-refractivity contribution in [1.82, 2.24) is 10.3 Å². The molecule has 118 valence electrons. The summed E-state index contributed by atoms with van der Waals surface area (Å²) in [5.41, 5.74) is 7.92. The number of rotatable bonds is 7. The molecule has 2 amide bonds. The van der Waals surface area contributed by atoms with Crippen LogP contribution < -0.4 is 11.1 Å². The number of aromatic nitrogens is 1. The van der Waals surface area contributed by atoms with Gasteiger partial charge in [0.05, 0.1) is 6.04 Å². The molecule has 0 aliphatic rings. The third kappa shape index (κ3) is 4.18. The molecule has 0 bridgehead atoms. The molecule has 0 fully saturated rings. The largest absolute Gasteiger partial charge is 0.361 e. The molecule has 4 N–H and O–H groups in total. The molecule has 22 heavy (non-hydrogen) atoms. The maximum absolute atomic E-state index is 12.0. The zero-order valence-electron chi connectivity index (χ0n) is 12.9. The second-order valence-corrected chi connectivity index (χ2v) is 5.54. The molecule has 2 rings (SSSR count). The molecule has 1 atom stereocenters. The lowest BCUT2D eigenvalue weighted by Crippen LogP contribution is -2.44. The van der Waals surface area contributed by atoms with Crippen molar-refractivity contribution in [2.24, 2.45) is 5.73 Å². The number of amides is 2. The second-order valence-electron chi connectivity index (χ2n) is 5.54. The summed E-state index contributed by atoms with van der Waals surface area (Å²) in [7, 11) is 0. The van der Waals surface area contributed by atoms with Crippen molar-refractivity contribution >= 4 is 22.7 Å². The van der Waals surface area contributed by atoms with E-state index in [1.807, 2.05) is 30.5 Å². The van der Waals surface area contributed by atoms with E-state index in [-0.39, 0.29) is 5.91 Å². The number of H-pyrrole nitrogens is 1. The average Bonchev–Trinajstić information content (AvgIpc) is 2.91. The summed E-state index contributed by atoms with van der Waals surface area (Å²) in [5, 5.41) is 3.44. The number of aromatic amines is 1. The number of imide groups is 1. The maximum Gasteiger partial charge on any atom is 0.243 e. The zero-order valence-corrected chi connectivity index (χ0v) is 12.9. The number of nitrogens with two attached hydrogens (primary N) is 1. The molecule has 0 saturated heterocycles. The van der Waals surface area contributed by atoms with Crippen LogP contribution in [-0.2, 0) is 16.0 Å². The number of benzene rings is 1. The molecule has 0 unspecified atom stereocenters. The van der Waals surface area contributed by atoms with Crippen LogP contribution >= 0.6 is 0 Å². The highest BCUT2D eigenvalue weighted by molar-refractivity contribution is 5.98. The minimum atomic E-state index is -0.727. The Labute approximate surface area is 130 Å². The highest BCUT2D eigenvalue weighted by Gasteiger charge is 2.18. The Balaban J connectivity index is 1.90. The number of nitrogens with one attached hydrogen (secondary N) is 2. The van der Waals surface area contributed by atoms with Crippen LogP contribution in [0.5, 0.6) is 0 Å². The Morgan fingerprint density at radius 3 is 2.82 bits per heavy atom. The number of carbonyl (C=O) groups is 2. The smallest absolute Gasteiger partial charge is 0.243 e. The van der Waals surface area contributed by atoms with E-state index in [4.69, 9.17) is 5.73 Å². The van der Waals surface area contributed by atoms with Gasteiger partial charge in [-0.3, -0.25) is 14.9 Å². The van der Waals surface area contributed by atoms with Gasteiger partial charge in [-0.25, -0.2) is 0 Å². The van der Waals surface area contributed by atoms with E-state index >= 15 is 0 Å². The lowest BCUT2D eigenvalue weighted by Gasteiger charge is -2.11. The zero-order chi connectivity index (χ0) is 15.9. The number of hydrogen-bond donors (Lipinski definition) is 3. The molecule has 1 aromatic heterocycles. The van der Waals surface area contributed by atoms with Gasteiger partial charge in [-0.05, 0) is 24.5 Å². The van der Waals surface area contributed by atoms with Crippen LogP contribution in [0.4, 0.5) is 0 Å². The van der Waals surface area contributed by atoms with Gasteiger partial charge >= 0.3 is 0 Å². The summed E-state index contributed by atoms with van der Waals surface area (Å²) in [6, 6.07) is 7.13. The van der Waals surface area contributed by atoms with E-state index in [0.29, 0.717) is 12.8 Å². The van der Waals surface area contributed by atoms with E-state index in [1.54, 1.807) is 0 Å². The van der Waals surface area contributed by atoms with Crippen molar-refractivity contribution in [2.75, 3.05) is 0 Å². The number of unbranched alkanes of at least 4 members (excludes halogenated alkanes) is 2. The minimum Gasteiger partial charge on any atom is -0.361 e. The lowest BCUT2D eigenvalue weighted by molar-refractivity contribution is -0.131. The fourth-order valence-electron chi connectivity index (χ4n) is 2.46. The molecule has 1 aromatic carbocycles. The van der Waals surface area contributed by atoms with Crippen LogP contribution in [0.15, 0.2) is 30.5 Å². The maximum atomic E-state index is 12.0. The number of fused-ring (bicyclic) bond motifs is 1. The fourth-order valence-corrected chi connectivity index (χ4v) is 2.46. The van der Waals surface area contributed by atoms with Crippen molar-refractivity contribution in [3.05, 3.63) is 36.0 Å². The van der Waals surface area contributed by atoms with Crippen LogP contribution in [0.25, 0.3) is 10.9 Å². The lowest BCUT2D eigenvalue weighted by atomic mass is 10.0. The molecule has 2 aromatic rings. The summed E-state index contributed by atoms with van der Waals surface area (Å²) in [6.45, 7) is 2.07. The van der Waals surface area contributed by atoms with Gasteiger partial charge < -0.3 is 10.7 Å². The van der Waals surface area contributed by atoms with Gasteiger partial charge in [-0.2, -0.15) is 0 Å². The molecule has 1 heterocycles. The Hall–Kier alpha value is -2.14. The van der Waals surface area contributed by atoms with Gasteiger partial charge in [-0.15, -0.1) is 0 Å². The predicted octanol–water partition coefficient (Wildman–Crippen LogP) is 2.26. The monoisotopic (exact) mass is 301 g/mol. The fraction of sp³-hybridized carbons (Fsp3) is 0.412. The predicted molar refractivity (Wildman–Crippen MR) is 87.3 cm³/mol. The third-order valence-corrected chi connectivity index (χ3v) is 3.72. The van der Waals surface area contributed by atoms with Crippen molar-refractivity contribution < 1.29 is 9.59 Å². The molecule has 0 radical (unpaired) electrons. The molecular weight excluding hydrogens is 278 g/mol. The highest BCUT2D eigenvalue weighted by Crippen LogP contribution is 2.18. The van der Waals surface area contributed by atoms with E-state index in [0.717, 1.165) is 35.7 Å². The van der Waals surface area contributed by atoms with Crippen LogP contribution in [0, 0.1) is 0 Å². The number of para-hydroxylation sites is 1. The van der Waals surface area contributed by atoms with Crippen molar-refractivity contribution in [3.8, 4) is 0 Å². The Morgan fingerprint density at radius 2 is 2.05 bits per heavy atom. The number of hydrogen-bond acceptors (Lipinski definition) is 3. The van der Waals surface area contributed by atoms with Crippen LogP contribution in [-0.4, -0.2) is 22.8 Å². The Morgan fingerprint density at radius 1 is 1.27 bits per heavy atom. The molecule has 5 nitrogen and oxygen atoms in total. The summed E-state index contributed by atoms with van der Waals surface area (Å²) >= 11 is 0. The van der Waals surface area contributed by atoms with Crippen LogP contribution in [0.3, 0.4) is 0 Å². The molecular formula is C17H23N3O2. The summed E-state index contributed by atoms with van der Waals surface area (Å²) in [4.78, 5) is 26.8. The van der Waals surface area contributed by atoms with Gasteiger partial charge in [-0.1, -0.05) is 38.0 Å². The molecule has 0 aliphatic heterocycles. The number of carbonyl (C=O) groups excluding carboxylic acids is 2. The van der Waals surface area contributed by atoms with Crippen molar-refractivity contribution in [1.29, 1.82) is 0 Å². The van der Waals surface area contributed by atoms with Crippen LogP contribution in [0.1, 0.15) is 38.2 Å². The standard InChI is InChI=1S/C17H23N3O2/c1-2-3-4-9-16(21)20-17(22)14(18)10-12-11-19-15-8-6-5-7-13(12)15/h5-8,11,14,19H,2-4,9-10,18H2,1H3,(H,20,21,22)/t14-/m0/s1. The first-order chi connectivity index (χ1) is 10.6. The summed E-state index contributed by atoms with van der Waals surface area (Å²) in [6.07, 6.45) is 5.47. The molecule has 0 saturated carbocycles. The van der Waals surface area contributed by atoms with Crippen molar-refractivity contribution in [2.45, 2.75) is 45.1 Å². The molecule has 0 aliphatic carbocycles. The minimum absolute atomic E-state index is 0.243. The SMILES string of the molecule is CCCCCC(=O)NC(=O)[C@@H](N)Cc1c[nH]c2ccccc12. The van der Waals surface area contributed by atoms with E-state index in [1.165, 1.54) is 0 Å². The Kier molecular flexibility index (Phi) is 5.72. The van der Waals surface area contributed by atoms with E-state index < -0.39 is 11.9 Å². The van der Waals surface area contributed by atoms with Crippen molar-refractivity contribution in [3.63, 3.8) is 0 Å². The first kappa shape index (κ1) is 16.2. The third-order valence-electron chi connectivity index (χ3n) is 3.72. The Bertz CT molecular complexity index is 648. The van der Waals surface area contributed by atoms with Gasteiger partial charge in [0.25, 0.3) is 0 Å². The van der Waals surface area contributed by atoms with E-state index in [2.05, 4.69) is 17.2 Å². The average molecular weight is 301 g/mol.